The fourth-order valence-corrected chi connectivity index (χ4v) is 1.80. The van der Waals surface area contributed by atoms with Crippen LogP contribution >= 0.6 is 27.5 Å². The number of nitrogens with zero attached hydrogens (tertiary/aromatic N) is 1. The van der Waals surface area contributed by atoms with Gasteiger partial charge in [-0.3, -0.25) is 4.79 Å². The Hall–Kier alpha value is -0.720. The van der Waals surface area contributed by atoms with Crippen molar-refractivity contribution < 1.29 is 18.7 Å². The molecule has 0 heterocycles. The normalized spacial score (nSPS) is 10.8. The monoisotopic (exact) mass is 341 g/mol. The van der Waals surface area contributed by atoms with E-state index in [1.54, 1.807) is 6.07 Å². The number of carbonyl (C=O) groups is 1. The summed E-state index contributed by atoms with van der Waals surface area (Å²) in [5.41, 5.74) is 0.206. The average molecular weight is 343 g/mol. The molecule has 1 rings (SSSR count). The summed E-state index contributed by atoms with van der Waals surface area (Å²) in [6.07, 6.45) is -2.65. The van der Waals surface area contributed by atoms with Crippen LogP contribution in [0.2, 0.25) is 5.02 Å². The molecule has 7 heteroatoms. The standard InChI is InChI=1S/C11H11BrClF2NO2/c12-8-2-1-7(5-9(8)13)11(18)16(3-4-17)6-10(14)15/h1-2,5,10,17H,3-4,6H2. The lowest BCUT2D eigenvalue weighted by molar-refractivity contribution is 0.0509. The van der Waals surface area contributed by atoms with E-state index in [0.29, 0.717) is 9.50 Å². The average Bonchev–Trinajstić information content (AvgIpc) is 2.31. The highest BCUT2D eigenvalue weighted by atomic mass is 79.9. The van der Waals surface area contributed by atoms with E-state index in [1.807, 2.05) is 0 Å². The van der Waals surface area contributed by atoms with Gasteiger partial charge in [-0.2, -0.15) is 0 Å². The fraction of sp³-hybridized carbons (Fsp3) is 0.364. The molecule has 3 nitrogen and oxygen atoms in total. The molecule has 1 amide bonds. The Labute approximate surface area is 116 Å². The number of amides is 1. The molecular formula is C11H11BrClF2NO2. The van der Waals surface area contributed by atoms with Crippen molar-refractivity contribution in [2.75, 3.05) is 19.7 Å². The van der Waals surface area contributed by atoms with E-state index >= 15 is 0 Å². The molecule has 0 unspecified atom stereocenters. The Morgan fingerprint density at radius 1 is 1.50 bits per heavy atom. The van der Waals surface area contributed by atoms with Gasteiger partial charge in [0.1, 0.15) is 0 Å². The number of benzene rings is 1. The third-order valence-electron chi connectivity index (χ3n) is 2.18. The first-order chi connectivity index (χ1) is 8.45. The predicted octanol–water partition coefficient (Wildman–Crippen LogP) is 2.80. The van der Waals surface area contributed by atoms with Gasteiger partial charge in [0.15, 0.2) is 0 Å². The van der Waals surface area contributed by atoms with E-state index in [4.69, 9.17) is 16.7 Å². The van der Waals surface area contributed by atoms with Crippen LogP contribution in [-0.2, 0) is 0 Å². The molecular weight excluding hydrogens is 331 g/mol. The number of rotatable bonds is 5. The largest absolute Gasteiger partial charge is 0.395 e. The van der Waals surface area contributed by atoms with Crippen molar-refractivity contribution >= 4 is 33.4 Å². The summed E-state index contributed by atoms with van der Waals surface area (Å²) in [6, 6.07) is 4.44. The summed E-state index contributed by atoms with van der Waals surface area (Å²) >= 11 is 9.00. The van der Waals surface area contributed by atoms with E-state index in [-0.39, 0.29) is 18.7 Å². The van der Waals surface area contributed by atoms with E-state index in [2.05, 4.69) is 15.9 Å². The molecule has 0 aromatic heterocycles. The van der Waals surface area contributed by atoms with Gasteiger partial charge in [-0.25, -0.2) is 8.78 Å². The molecule has 0 aliphatic rings. The van der Waals surface area contributed by atoms with Gasteiger partial charge in [-0.1, -0.05) is 11.6 Å². The molecule has 0 aliphatic carbocycles. The Bertz CT molecular complexity index is 432. The van der Waals surface area contributed by atoms with Crippen LogP contribution in [0, 0.1) is 0 Å². The van der Waals surface area contributed by atoms with E-state index in [1.165, 1.54) is 12.1 Å². The van der Waals surface area contributed by atoms with Gasteiger partial charge in [0.2, 0.25) is 0 Å². The Morgan fingerprint density at radius 2 is 2.17 bits per heavy atom. The molecule has 0 saturated carbocycles. The van der Waals surface area contributed by atoms with E-state index in [9.17, 15) is 13.6 Å². The molecule has 0 bridgehead atoms. The maximum Gasteiger partial charge on any atom is 0.255 e. The second kappa shape index (κ2) is 7.01. The first-order valence-electron chi connectivity index (χ1n) is 5.09. The van der Waals surface area contributed by atoms with Gasteiger partial charge in [-0.05, 0) is 34.1 Å². The molecule has 0 aliphatic heterocycles. The number of hydrogen-bond acceptors (Lipinski definition) is 2. The van der Waals surface area contributed by atoms with Gasteiger partial charge < -0.3 is 10.0 Å². The summed E-state index contributed by atoms with van der Waals surface area (Å²) in [7, 11) is 0. The number of alkyl halides is 2. The number of aliphatic hydroxyl groups is 1. The van der Waals surface area contributed by atoms with Crippen LogP contribution < -0.4 is 0 Å². The molecule has 0 spiro atoms. The van der Waals surface area contributed by atoms with Crippen LogP contribution in [0.15, 0.2) is 22.7 Å². The lowest BCUT2D eigenvalue weighted by Gasteiger charge is -2.21. The van der Waals surface area contributed by atoms with Crippen molar-refractivity contribution in [2.45, 2.75) is 6.43 Å². The van der Waals surface area contributed by atoms with Gasteiger partial charge >= 0.3 is 0 Å². The molecule has 1 N–H and O–H groups in total. The third kappa shape index (κ3) is 4.19. The molecule has 0 fully saturated rings. The quantitative estimate of drug-likeness (QED) is 0.894. The van der Waals surface area contributed by atoms with Crippen molar-refractivity contribution in [3.05, 3.63) is 33.3 Å². The Kier molecular flexibility index (Phi) is 5.98. The predicted molar refractivity (Wildman–Crippen MR) is 68.1 cm³/mol. The van der Waals surface area contributed by atoms with Gasteiger partial charge in [0, 0.05) is 16.6 Å². The maximum atomic E-state index is 12.3. The zero-order chi connectivity index (χ0) is 13.7. The van der Waals surface area contributed by atoms with Crippen LogP contribution in [0.4, 0.5) is 8.78 Å². The summed E-state index contributed by atoms with van der Waals surface area (Å²) in [5, 5.41) is 9.09. The van der Waals surface area contributed by atoms with Crippen molar-refractivity contribution in [3.63, 3.8) is 0 Å². The summed E-state index contributed by atoms with van der Waals surface area (Å²) in [4.78, 5) is 12.8. The van der Waals surface area contributed by atoms with Crippen molar-refractivity contribution in [3.8, 4) is 0 Å². The molecule has 1 aromatic rings. The SMILES string of the molecule is O=C(c1ccc(Br)c(Cl)c1)N(CCO)CC(F)F. The Balaban J connectivity index is 2.90. The number of halogens is 4. The van der Waals surface area contributed by atoms with Gasteiger partial charge in [-0.15, -0.1) is 0 Å². The van der Waals surface area contributed by atoms with Crippen LogP contribution in [0.3, 0.4) is 0 Å². The number of aliphatic hydroxyl groups excluding tert-OH is 1. The molecule has 0 atom stereocenters. The first kappa shape index (κ1) is 15.3. The highest BCUT2D eigenvalue weighted by Crippen LogP contribution is 2.23. The lowest BCUT2D eigenvalue weighted by Crippen LogP contribution is -2.37. The fourth-order valence-electron chi connectivity index (χ4n) is 1.37. The molecule has 0 radical (unpaired) electrons. The summed E-state index contributed by atoms with van der Waals surface area (Å²) in [5.74, 6) is -0.584. The smallest absolute Gasteiger partial charge is 0.255 e. The number of hydrogen-bond donors (Lipinski definition) is 1. The van der Waals surface area contributed by atoms with E-state index in [0.717, 1.165) is 4.90 Å². The minimum atomic E-state index is -2.65. The lowest BCUT2D eigenvalue weighted by atomic mass is 10.2. The van der Waals surface area contributed by atoms with Crippen LogP contribution in [0.25, 0.3) is 0 Å². The topological polar surface area (TPSA) is 40.5 Å². The van der Waals surface area contributed by atoms with Gasteiger partial charge in [0.25, 0.3) is 12.3 Å². The molecule has 100 valence electrons. The van der Waals surface area contributed by atoms with Crippen molar-refractivity contribution in [1.29, 1.82) is 0 Å². The highest BCUT2D eigenvalue weighted by molar-refractivity contribution is 9.10. The molecule has 1 aromatic carbocycles. The van der Waals surface area contributed by atoms with Crippen molar-refractivity contribution in [2.24, 2.45) is 0 Å². The van der Waals surface area contributed by atoms with Crippen LogP contribution in [0.5, 0.6) is 0 Å². The van der Waals surface area contributed by atoms with Gasteiger partial charge in [0.05, 0.1) is 18.2 Å². The summed E-state index contributed by atoms with van der Waals surface area (Å²) in [6.45, 7) is -1.23. The zero-order valence-corrected chi connectivity index (χ0v) is 11.6. The second-order valence-electron chi connectivity index (χ2n) is 3.49. The first-order valence-corrected chi connectivity index (χ1v) is 6.26. The highest BCUT2D eigenvalue weighted by Gasteiger charge is 2.19. The maximum absolute atomic E-state index is 12.3. The van der Waals surface area contributed by atoms with Crippen molar-refractivity contribution in [1.82, 2.24) is 4.90 Å². The zero-order valence-electron chi connectivity index (χ0n) is 9.25. The van der Waals surface area contributed by atoms with Crippen LogP contribution in [-0.4, -0.2) is 42.0 Å². The van der Waals surface area contributed by atoms with E-state index < -0.39 is 18.9 Å². The number of carbonyl (C=O) groups excluding carboxylic acids is 1. The third-order valence-corrected chi connectivity index (χ3v) is 3.41. The second-order valence-corrected chi connectivity index (χ2v) is 4.76. The summed E-state index contributed by atoms with van der Waals surface area (Å²) < 4.78 is 25.3. The Morgan fingerprint density at radius 3 is 2.67 bits per heavy atom. The molecule has 18 heavy (non-hydrogen) atoms. The molecule has 0 saturated heterocycles. The van der Waals surface area contributed by atoms with Crippen LogP contribution in [0.1, 0.15) is 10.4 Å². The minimum Gasteiger partial charge on any atom is -0.395 e. The minimum absolute atomic E-state index is 0.142.